The number of rotatable bonds is 4. The molecule has 0 bridgehead atoms. The summed E-state index contributed by atoms with van der Waals surface area (Å²) in [7, 11) is 0. The van der Waals surface area contributed by atoms with E-state index in [1.165, 1.54) is 17.0 Å². The zero-order valence-corrected chi connectivity index (χ0v) is 17.9. The number of phenolic OH excluding ortho intramolecular Hbond substituents is 1. The number of aryl methyl sites for hydroxylation is 1. The third kappa shape index (κ3) is 3.38. The second-order valence-corrected chi connectivity index (χ2v) is 8.19. The summed E-state index contributed by atoms with van der Waals surface area (Å²) in [6.45, 7) is 8.73. The molecule has 0 amide bonds. The van der Waals surface area contributed by atoms with Crippen LogP contribution in [0.2, 0.25) is 0 Å². The molecule has 5 nitrogen and oxygen atoms in total. The molecule has 150 valence electrons. The van der Waals surface area contributed by atoms with Gasteiger partial charge in [0.05, 0.1) is 17.8 Å². The van der Waals surface area contributed by atoms with Gasteiger partial charge in [0.15, 0.2) is 5.11 Å². The lowest BCUT2D eigenvalue weighted by Gasteiger charge is -2.28. The molecule has 3 heterocycles. The van der Waals surface area contributed by atoms with Gasteiger partial charge in [-0.2, -0.15) is 0 Å². The van der Waals surface area contributed by atoms with Gasteiger partial charge in [0.1, 0.15) is 5.75 Å². The second kappa shape index (κ2) is 7.52. The molecule has 2 atom stereocenters. The molecule has 0 spiro atoms. The average Bonchev–Trinajstić information content (AvgIpc) is 3.19. The summed E-state index contributed by atoms with van der Waals surface area (Å²) in [5, 5.41) is 13.9. The van der Waals surface area contributed by atoms with Crippen LogP contribution in [0.1, 0.15) is 54.6 Å². The number of thiocarbonyl (C=S) groups is 1. The third-order valence-electron chi connectivity index (χ3n) is 5.58. The summed E-state index contributed by atoms with van der Waals surface area (Å²) in [6.07, 6.45) is 1.82. The smallest absolute Gasteiger partial charge is 0.174 e. The highest BCUT2D eigenvalue weighted by atomic mass is 32.1. The Morgan fingerprint density at radius 2 is 1.83 bits per heavy atom. The lowest BCUT2D eigenvalue weighted by Crippen LogP contribution is -2.29. The number of aromatic nitrogens is 2. The van der Waals surface area contributed by atoms with E-state index in [1.54, 1.807) is 12.1 Å². The van der Waals surface area contributed by atoms with Crippen molar-refractivity contribution in [1.29, 1.82) is 0 Å². The van der Waals surface area contributed by atoms with Crippen LogP contribution in [0.15, 0.2) is 54.7 Å². The van der Waals surface area contributed by atoms with Crippen molar-refractivity contribution in [2.24, 2.45) is 0 Å². The van der Waals surface area contributed by atoms with Gasteiger partial charge in [-0.25, -0.2) is 0 Å². The first kappa shape index (κ1) is 19.5. The minimum absolute atomic E-state index is 0.0411. The Kier molecular flexibility index (Phi) is 5.04. The first-order valence-electron chi connectivity index (χ1n) is 9.86. The molecule has 1 aliphatic heterocycles. The van der Waals surface area contributed by atoms with Gasteiger partial charge in [0.2, 0.25) is 0 Å². The van der Waals surface area contributed by atoms with E-state index in [0.29, 0.717) is 11.2 Å². The van der Waals surface area contributed by atoms with Crippen molar-refractivity contribution in [2.75, 3.05) is 4.90 Å². The maximum Gasteiger partial charge on any atom is 0.174 e. The van der Waals surface area contributed by atoms with E-state index in [9.17, 15) is 5.11 Å². The lowest BCUT2D eigenvalue weighted by atomic mass is 9.96. The summed E-state index contributed by atoms with van der Waals surface area (Å²) in [5.41, 5.74) is 5.59. The Labute approximate surface area is 177 Å². The largest absolute Gasteiger partial charge is 0.508 e. The SMILES string of the molecule is Cc1cc([C@H]2[C@@H](c3ccccn3)NC(=S)N2c2ccc(O)cc2)c(C)n1C(C)C. The third-order valence-corrected chi connectivity index (χ3v) is 5.90. The fourth-order valence-electron chi connectivity index (χ4n) is 4.46. The van der Waals surface area contributed by atoms with E-state index in [4.69, 9.17) is 12.2 Å². The zero-order chi connectivity index (χ0) is 20.7. The van der Waals surface area contributed by atoms with Crippen molar-refractivity contribution >= 4 is 23.0 Å². The van der Waals surface area contributed by atoms with Crippen LogP contribution in [0.3, 0.4) is 0 Å². The number of anilines is 1. The van der Waals surface area contributed by atoms with E-state index in [1.807, 2.05) is 36.5 Å². The Balaban J connectivity index is 1.88. The second-order valence-electron chi connectivity index (χ2n) is 7.80. The van der Waals surface area contributed by atoms with E-state index in [2.05, 4.69) is 53.5 Å². The van der Waals surface area contributed by atoms with Gasteiger partial charge in [0, 0.05) is 29.3 Å². The number of hydrogen-bond donors (Lipinski definition) is 2. The number of pyridine rings is 1. The molecular weight excluding hydrogens is 380 g/mol. The van der Waals surface area contributed by atoms with Crippen LogP contribution in [-0.2, 0) is 0 Å². The summed E-state index contributed by atoms with van der Waals surface area (Å²) >= 11 is 5.76. The molecule has 1 aromatic carbocycles. The Morgan fingerprint density at radius 1 is 1.10 bits per heavy atom. The minimum atomic E-state index is -0.0707. The molecular formula is C23H26N4OS. The van der Waals surface area contributed by atoms with E-state index >= 15 is 0 Å². The van der Waals surface area contributed by atoms with Crippen LogP contribution >= 0.6 is 12.2 Å². The van der Waals surface area contributed by atoms with Gasteiger partial charge in [-0.15, -0.1) is 0 Å². The Morgan fingerprint density at radius 3 is 2.41 bits per heavy atom. The number of hydrogen-bond acceptors (Lipinski definition) is 3. The van der Waals surface area contributed by atoms with Gasteiger partial charge < -0.3 is 19.9 Å². The number of nitrogens with zero attached hydrogens (tertiary/aromatic N) is 3. The topological polar surface area (TPSA) is 53.3 Å². The number of phenols is 1. The molecule has 1 aliphatic rings. The molecule has 4 rings (SSSR count). The highest BCUT2D eigenvalue weighted by Gasteiger charge is 2.42. The quantitative estimate of drug-likeness (QED) is 0.600. The van der Waals surface area contributed by atoms with Crippen molar-refractivity contribution < 1.29 is 5.11 Å². The molecule has 2 aromatic heterocycles. The van der Waals surface area contributed by atoms with Gasteiger partial charge in [0.25, 0.3) is 0 Å². The zero-order valence-electron chi connectivity index (χ0n) is 17.1. The van der Waals surface area contributed by atoms with Crippen molar-refractivity contribution in [1.82, 2.24) is 14.9 Å². The van der Waals surface area contributed by atoms with Crippen molar-refractivity contribution in [3.63, 3.8) is 0 Å². The van der Waals surface area contributed by atoms with E-state index in [0.717, 1.165) is 11.4 Å². The summed E-state index contributed by atoms with van der Waals surface area (Å²) in [6, 6.07) is 15.7. The predicted octanol–water partition coefficient (Wildman–Crippen LogP) is 4.96. The number of benzene rings is 1. The van der Waals surface area contributed by atoms with Crippen LogP contribution in [0.4, 0.5) is 5.69 Å². The first-order chi connectivity index (χ1) is 13.9. The van der Waals surface area contributed by atoms with Gasteiger partial charge in [-0.1, -0.05) is 6.07 Å². The van der Waals surface area contributed by atoms with Crippen LogP contribution in [0.5, 0.6) is 5.75 Å². The highest BCUT2D eigenvalue weighted by molar-refractivity contribution is 7.80. The molecule has 0 aliphatic carbocycles. The molecule has 3 aromatic rings. The molecule has 1 fully saturated rings. The van der Waals surface area contributed by atoms with Gasteiger partial charge in [-0.05, 0) is 87.9 Å². The maximum absolute atomic E-state index is 9.74. The average molecular weight is 407 g/mol. The molecule has 1 saturated heterocycles. The fourth-order valence-corrected chi connectivity index (χ4v) is 4.80. The van der Waals surface area contributed by atoms with Crippen LogP contribution in [0, 0.1) is 13.8 Å². The van der Waals surface area contributed by atoms with Crippen molar-refractivity contribution in [3.8, 4) is 5.75 Å². The maximum atomic E-state index is 9.74. The first-order valence-corrected chi connectivity index (χ1v) is 10.3. The lowest BCUT2D eigenvalue weighted by molar-refractivity contribution is 0.475. The predicted molar refractivity (Wildman–Crippen MR) is 120 cm³/mol. The molecule has 0 radical (unpaired) electrons. The summed E-state index contributed by atoms with van der Waals surface area (Å²) in [5.74, 6) is 0.239. The Bertz CT molecular complexity index is 1030. The highest BCUT2D eigenvalue weighted by Crippen LogP contribution is 2.43. The molecule has 6 heteroatoms. The normalized spacial score (nSPS) is 19.1. The van der Waals surface area contributed by atoms with Crippen molar-refractivity contribution in [2.45, 2.75) is 45.8 Å². The number of aromatic hydroxyl groups is 1. The molecule has 0 unspecified atom stereocenters. The minimum Gasteiger partial charge on any atom is -0.508 e. The van der Waals surface area contributed by atoms with Gasteiger partial charge in [-0.3, -0.25) is 4.98 Å². The summed E-state index contributed by atoms with van der Waals surface area (Å²) in [4.78, 5) is 6.75. The van der Waals surface area contributed by atoms with Crippen molar-refractivity contribution in [3.05, 3.63) is 77.4 Å². The number of nitrogens with one attached hydrogen (secondary N) is 1. The van der Waals surface area contributed by atoms with Gasteiger partial charge >= 0.3 is 0 Å². The van der Waals surface area contributed by atoms with Crippen LogP contribution in [0.25, 0.3) is 0 Å². The molecule has 29 heavy (non-hydrogen) atoms. The molecule has 2 N–H and O–H groups in total. The van der Waals surface area contributed by atoms with E-state index in [-0.39, 0.29) is 17.8 Å². The fraction of sp³-hybridized carbons (Fsp3) is 0.304. The molecule has 0 saturated carbocycles. The van der Waals surface area contributed by atoms with Crippen LogP contribution < -0.4 is 10.2 Å². The standard InChI is InChI=1S/C23H26N4OS/c1-14(2)26-15(3)13-19(16(26)4)22-21(20-7-5-6-12-24-20)25-23(29)27(22)17-8-10-18(28)11-9-17/h5-14,21-22,28H,1-4H3,(H,25,29)/t21-,22+/m1/s1. The monoisotopic (exact) mass is 406 g/mol. The van der Waals surface area contributed by atoms with Crippen LogP contribution in [-0.4, -0.2) is 19.8 Å². The summed E-state index contributed by atoms with van der Waals surface area (Å²) < 4.78 is 2.36. The Hall–Kier alpha value is -2.86. The van der Waals surface area contributed by atoms with E-state index < -0.39 is 0 Å².